The summed E-state index contributed by atoms with van der Waals surface area (Å²) in [4.78, 5) is 0. The van der Waals surface area contributed by atoms with Crippen molar-refractivity contribution in [2.45, 2.75) is 129 Å². The van der Waals surface area contributed by atoms with Crippen LogP contribution in [0.1, 0.15) is 92.9 Å². The van der Waals surface area contributed by atoms with Gasteiger partial charge in [0.05, 0.1) is 17.8 Å². The molecule has 0 aromatic rings. The fraction of sp³-hybridized carbons (Fsp3) is 0.750. The van der Waals surface area contributed by atoms with Gasteiger partial charge in [-0.15, -0.1) is 0 Å². The van der Waals surface area contributed by atoms with Crippen molar-refractivity contribution in [3.63, 3.8) is 0 Å². The van der Waals surface area contributed by atoms with E-state index in [-0.39, 0.29) is 11.0 Å². The summed E-state index contributed by atoms with van der Waals surface area (Å²) in [5.41, 5.74) is 5.24. The van der Waals surface area contributed by atoms with Crippen molar-refractivity contribution >= 4 is 20.1 Å². The smallest absolute Gasteiger partial charge is 0.192 e. The van der Waals surface area contributed by atoms with Crippen LogP contribution in [0.3, 0.4) is 0 Å². The zero-order chi connectivity index (χ0) is 27.3. The fourth-order valence-corrected chi connectivity index (χ4v) is 11.3. The van der Waals surface area contributed by atoms with Gasteiger partial charge in [-0.3, -0.25) is 0 Å². The first-order valence-corrected chi connectivity index (χ1v) is 18.6. The average Bonchev–Trinajstić information content (AvgIpc) is 3.20. The summed E-state index contributed by atoms with van der Waals surface area (Å²) >= 11 is 2.11. The molecule has 37 heavy (non-hydrogen) atoms. The van der Waals surface area contributed by atoms with E-state index >= 15 is 0 Å². The molecule has 3 rings (SSSR count). The molecule has 3 aliphatic rings. The molecule has 4 atom stereocenters. The Hall–Kier alpha value is -0.593. The van der Waals surface area contributed by atoms with E-state index in [1.807, 2.05) is 0 Å². The second-order valence-electron chi connectivity index (χ2n) is 12.6. The van der Waals surface area contributed by atoms with Gasteiger partial charge in [-0.1, -0.05) is 63.6 Å². The minimum Gasteiger partial charge on any atom is -0.412 e. The van der Waals surface area contributed by atoms with E-state index in [1.54, 1.807) is 5.57 Å². The van der Waals surface area contributed by atoms with Gasteiger partial charge in [-0.25, -0.2) is 0 Å². The highest BCUT2D eigenvalue weighted by Crippen LogP contribution is 2.55. The molecule has 0 radical (unpaired) electrons. The van der Waals surface area contributed by atoms with Crippen molar-refractivity contribution in [2.24, 2.45) is 11.3 Å². The molecule has 3 nitrogen and oxygen atoms in total. The Morgan fingerprint density at radius 2 is 1.89 bits per heavy atom. The van der Waals surface area contributed by atoms with E-state index in [9.17, 15) is 10.2 Å². The van der Waals surface area contributed by atoms with E-state index in [2.05, 4.69) is 78.1 Å². The standard InChI is InChI=1S/C32H54O3SSi/c1-8-37(9-2,10-3)35-31(5,6)18-12-20-36-23-27-16-17-29-25(13-11-19-32(27,29)7)14-15-26-21-28(33)22-30(34)24(26)4/h14-16,28-30,33-34H,4,8-13,17-23H2,1-3,5-7H3/t28-,29+,30+,32-/m1/s1. The molecule has 0 saturated heterocycles. The van der Waals surface area contributed by atoms with Crippen molar-refractivity contribution in [2.75, 3.05) is 11.5 Å². The highest BCUT2D eigenvalue weighted by Gasteiger charge is 2.44. The van der Waals surface area contributed by atoms with Crippen molar-refractivity contribution < 1.29 is 14.6 Å². The molecule has 0 heterocycles. The second-order valence-corrected chi connectivity index (χ2v) is 18.4. The van der Waals surface area contributed by atoms with Crippen LogP contribution < -0.4 is 0 Å². The maximum absolute atomic E-state index is 10.2. The van der Waals surface area contributed by atoms with Crippen molar-refractivity contribution in [3.05, 3.63) is 47.1 Å². The van der Waals surface area contributed by atoms with Gasteiger partial charge in [0, 0.05) is 12.2 Å². The molecule has 0 spiro atoms. The topological polar surface area (TPSA) is 49.7 Å². The number of fused-ring (bicyclic) bond motifs is 1. The second kappa shape index (κ2) is 13.2. The van der Waals surface area contributed by atoms with E-state index in [0.29, 0.717) is 18.8 Å². The molecule has 2 saturated carbocycles. The Kier molecular flexibility index (Phi) is 11.0. The third kappa shape index (κ3) is 7.54. The van der Waals surface area contributed by atoms with Gasteiger partial charge in [0.15, 0.2) is 8.32 Å². The third-order valence-corrected chi connectivity index (χ3v) is 15.7. The molecule has 0 aliphatic heterocycles. The molecule has 0 unspecified atom stereocenters. The Morgan fingerprint density at radius 1 is 1.19 bits per heavy atom. The summed E-state index contributed by atoms with van der Waals surface area (Å²) in [6, 6.07) is 3.66. The highest BCUT2D eigenvalue weighted by molar-refractivity contribution is 7.99. The summed E-state index contributed by atoms with van der Waals surface area (Å²) in [5, 5.41) is 20.3. The molecule has 3 aliphatic carbocycles. The Labute approximate surface area is 233 Å². The maximum Gasteiger partial charge on any atom is 0.192 e. The summed E-state index contributed by atoms with van der Waals surface area (Å²) in [6.07, 6.45) is 14.1. The summed E-state index contributed by atoms with van der Waals surface area (Å²) in [6.45, 7) is 18.1. The van der Waals surface area contributed by atoms with Gasteiger partial charge in [-0.05, 0) is 105 Å². The molecule has 0 aromatic heterocycles. The molecule has 210 valence electrons. The number of hydrogen-bond acceptors (Lipinski definition) is 4. The summed E-state index contributed by atoms with van der Waals surface area (Å²) < 4.78 is 6.81. The van der Waals surface area contributed by atoms with Gasteiger partial charge in [0.1, 0.15) is 0 Å². The zero-order valence-electron chi connectivity index (χ0n) is 24.6. The first-order chi connectivity index (χ1) is 17.5. The third-order valence-electron chi connectivity index (χ3n) is 9.73. The number of aliphatic hydroxyl groups excluding tert-OH is 2. The van der Waals surface area contributed by atoms with Crippen LogP contribution in [0.4, 0.5) is 0 Å². The highest BCUT2D eigenvalue weighted by atomic mass is 32.2. The van der Waals surface area contributed by atoms with E-state index in [4.69, 9.17) is 4.43 Å². The van der Waals surface area contributed by atoms with E-state index < -0.39 is 20.5 Å². The minimum atomic E-state index is -1.56. The Balaban J connectivity index is 1.52. The van der Waals surface area contributed by atoms with Gasteiger partial charge >= 0.3 is 0 Å². The minimum absolute atomic E-state index is 0.00812. The van der Waals surface area contributed by atoms with E-state index in [0.717, 1.165) is 36.2 Å². The van der Waals surface area contributed by atoms with Gasteiger partial charge in [-0.2, -0.15) is 11.8 Å². The first kappa shape index (κ1) is 30.9. The first-order valence-electron chi connectivity index (χ1n) is 14.9. The number of aliphatic hydroxyl groups is 2. The van der Waals surface area contributed by atoms with Crippen LogP contribution in [-0.4, -0.2) is 47.8 Å². The zero-order valence-corrected chi connectivity index (χ0v) is 26.4. The van der Waals surface area contributed by atoms with E-state index in [1.165, 1.54) is 48.7 Å². The molecular weight excluding hydrogens is 493 g/mol. The summed E-state index contributed by atoms with van der Waals surface area (Å²) in [7, 11) is -1.56. The lowest BCUT2D eigenvalue weighted by Gasteiger charge is -2.41. The lowest BCUT2D eigenvalue weighted by Crippen LogP contribution is -2.44. The van der Waals surface area contributed by atoms with Gasteiger partial charge in [0.2, 0.25) is 0 Å². The Morgan fingerprint density at radius 3 is 2.57 bits per heavy atom. The lowest BCUT2D eigenvalue weighted by atomic mass is 9.64. The summed E-state index contributed by atoms with van der Waals surface area (Å²) in [5.74, 6) is 2.93. The normalized spacial score (nSPS) is 31.2. The van der Waals surface area contributed by atoms with Gasteiger partial charge in [0.25, 0.3) is 0 Å². The fourth-order valence-electron chi connectivity index (χ4n) is 6.98. The molecule has 2 fully saturated rings. The molecule has 5 heteroatoms. The molecule has 0 bridgehead atoms. The SMILES string of the molecule is C=C1C(=CC=C2CCC[C@]3(C)C(CSCCCC(C)(C)O[Si](CC)(CC)CC)=CC[C@@H]23)C[C@@H](O)C[C@@H]1O. The van der Waals surface area contributed by atoms with Crippen LogP contribution >= 0.6 is 11.8 Å². The van der Waals surface area contributed by atoms with Crippen LogP contribution in [0.25, 0.3) is 0 Å². The lowest BCUT2D eigenvalue weighted by molar-refractivity contribution is 0.0850. The molecule has 0 amide bonds. The number of thioether (sulfide) groups is 1. The number of rotatable bonds is 12. The quantitative estimate of drug-likeness (QED) is 0.147. The predicted octanol–water partition coefficient (Wildman–Crippen LogP) is 8.36. The maximum atomic E-state index is 10.2. The number of allylic oxidation sites excluding steroid dienone is 4. The van der Waals surface area contributed by atoms with Crippen LogP contribution in [-0.2, 0) is 4.43 Å². The molecular formula is C32H54O3SSi. The number of hydrogen-bond donors (Lipinski definition) is 2. The predicted molar refractivity (Wildman–Crippen MR) is 164 cm³/mol. The van der Waals surface area contributed by atoms with Crippen molar-refractivity contribution in [3.8, 4) is 0 Å². The average molecular weight is 547 g/mol. The largest absolute Gasteiger partial charge is 0.412 e. The Bertz CT molecular complexity index is 876. The van der Waals surface area contributed by atoms with Crippen LogP contribution in [0, 0.1) is 11.3 Å². The van der Waals surface area contributed by atoms with Crippen LogP contribution in [0.15, 0.2) is 47.1 Å². The van der Waals surface area contributed by atoms with Crippen LogP contribution in [0.2, 0.25) is 18.1 Å². The van der Waals surface area contributed by atoms with Crippen molar-refractivity contribution in [1.82, 2.24) is 0 Å². The van der Waals surface area contributed by atoms with Crippen LogP contribution in [0.5, 0.6) is 0 Å². The molecule has 0 aromatic carbocycles. The molecule has 2 N–H and O–H groups in total. The van der Waals surface area contributed by atoms with Gasteiger partial charge < -0.3 is 14.6 Å². The monoisotopic (exact) mass is 546 g/mol. The van der Waals surface area contributed by atoms with Crippen molar-refractivity contribution in [1.29, 1.82) is 0 Å².